The van der Waals surface area contributed by atoms with Gasteiger partial charge in [0.25, 0.3) is 5.56 Å². The van der Waals surface area contributed by atoms with E-state index in [1.807, 2.05) is 0 Å². The lowest BCUT2D eigenvalue weighted by Gasteiger charge is -2.06. The van der Waals surface area contributed by atoms with Gasteiger partial charge in [0.05, 0.1) is 20.0 Å². The van der Waals surface area contributed by atoms with Crippen LogP contribution in [0.4, 0.5) is 0 Å². The van der Waals surface area contributed by atoms with Crippen molar-refractivity contribution in [1.82, 2.24) is 19.9 Å². The van der Waals surface area contributed by atoms with Gasteiger partial charge in [-0.3, -0.25) is 9.36 Å². The monoisotopic (exact) mass is 256 g/mol. The van der Waals surface area contributed by atoms with Crippen molar-refractivity contribution in [2.24, 2.45) is 0 Å². The SMILES string of the molecule is COc1c(Cl)ncn(Cc2nonc2C)c1=O. The molecule has 0 amide bonds. The summed E-state index contributed by atoms with van der Waals surface area (Å²) in [7, 11) is 1.36. The van der Waals surface area contributed by atoms with Gasteiger partial charge >= 0.3 is 0 Å². The summed E-state index contributed by atoms with van der Waals surface area (Å²) in [5, 5.41) is 7.34. The van der Waals surface area contributed by atoms with Crippen LogP contribution >= 0.6 is 11.6 Å². The van der Waals surface area contributed by atoms with Crippen LogP contribution in [0.1, 0.15) is 11.4 Å². The van der Waals surface area contributed by atoms with Crippen LogP contribution in [0.2, 0.25) is 5.15 Å². The zero-order valence-electron chi connectivity index (χ0n) is 9.18. The van der Waals surface area contributed by atoms with E-state index in [4.69, 9.17) is 16.3 Å². The first-order valence-corrected chi connectivity index (χ1v) is 5.08. The number of methoxy groups -OCH3 is 1. The molecule has 17 heavy (non-hydrogen) atoms. The summed E-state index contributed by atoms with van der Waals surface area (Å²) >= 11 is 5.72. The fourth-order valence-electron chi connectivity index (χ4n) is 1.29. The Labute approximate surface area is 101 Å². The third-order valence-electron chi connectivity index (χ3n) is 2.22. The van der Waals surface area contributed by atoms with Crippen molar-refractivity contribution in [2.45, 2.75) is 13.5 Å². The lowest BCUT2D eigenvalue weighted by Crippen LogP contribution is -2.23. The van der Waals surface area contributed by atoms with E-state index < -0.39 is 0 Å². The minimum absolute atomic E-state index is 0.00303. The maximum Gasteiger partial charge on any atom is 0.297 e. The predicted molar refractivity (Wildman–Crippen MR) is 58.2 cm³/mol. The smallest absolute Gasteiger partial charge is 0.297 e. The van der Waals surface area contributed by atoms with Gasteiger partial charge in [0.2, 0.25) is 5.75 Å². The van der Waals surface area contributed by atoms with Crippen LogP contribution in [0.3, 0.4) is 0 Å². The number of rotatable bonds is 3. The van der Waals surface area contributed by atoms with Gasteiger partial charge in [-0.1, -0.05) is 21.9 Å². The Morgan fingerprint density at radius 1 is 1.53 bits per heavy atom. The number of halogens is 1. The lowest BCUT2D eigenvalue weighted by atomic mass is 10.3. The molecule has 90 valence electrons. The molecule has 0 spiro atoms. The summed E-state index contributed by atoms with van der Waals surface area (Å²) in [6.45, 7) is 1.94. The van der Waals surface area contributed by atoms with Crippen molar-refractivity contribution < 1.29 is 9.37 Å². The molecule has 0 aliphatic heterocycles. The fraction of sp³-hybridized carbons (Fsp3) is 0.333. The molecular weight excluding hydrogens is 248 g/mol. The minimum atomic E-state index is -0.380. The number of aryl methyl sites for hydroxylation is 1. The second kappa shape index (κ2) is 4.54. The molecule has 2 aromatic rings. The van der Waals surface area contributed by atoms with E-state index >= 15 is 0 Å². The van der Waals surface area contributed by atoms with Crippen molar-refractivity contribution in [1.29, 1.82) is 0 Å². The molecule has 0 fully saturated rings. The van der Waals surface area contributed by atoms with Gasteiger partial charge < -0.3 is 4.74 Å². The summed E-state index contributed by atoms with van der Waals surface area (Å²) in [5.74, 6) is 0.00303. The van der Waals surface area contributed by atoms with Gasteiger partial charge in [-0.25, -0.2) is 9.61 Å². The number of aromatic nitrogens is 4. The minimum Gasteiger partial charge on any atom is -0.489 e. The summed E-state index contributed by atoms with van der Waals surface area (Å²) in [5.41, 5.74) is 0.791. The number of nitrogens with zero attached hydrogens (tertiary/aromatic N) is 4. The second-order valence-electron chi connectivity index (χ2n) is 3.30. The molecule has 0 saturated carbocycles. The summed E-state index contributed by atoms with van der Waals surface area (Å²) in [6.07, 6.45) is 1.32. The first-order chi connectivity index (χ1) is 8.13. The molecule has 2 heterocycles. The maximum atomic E-state index is 11.9. The van der Waals surface area contributed by atoms with Crippen molar-refractivity contribution in [3.63, 3.8) is 0 Å². The van der Waals surface area contributed by atoms with E-state index in [9.17, 15) is 4.79 Å². The van der Waals surface area contributed by atoms with Crippen LogP contribution in [0, 0.1) is 6.92 Å². The summed E-state index contributed by atoms with van der Waals surface area (Å²) in [4.78, 5) is 15.7. The van der Waals surface area contributed by atoms with Crippen LogP contribution in [0.15, 0.2) is 15.8 Å². The van der Waals surface area contributed by atoms with Crippen LogP contribution in [-0.2, 0) is 6.54 Å². The topological polar surface area (TPSA) is 83.0 Å². The highest BCUT2D eigenvalue weighted by Crippen LogP contribution is 2.15. The maximum absolute atomic E-state index is 11.9. The third kappa shape index (κ3) is 2.14. The highest BCUT2D eigenvalue weighted by Gasteiger charge is 2.13. The summed E-state index contributed by atoms with van der Waals surface area (Å²) in [6, 6.07) is 0. The zero-order chi connectivity index (χ0) is 12.4. The molecule has 0 saturated heterocycles. The largest absolute Gasteiger partial charge is 0.489 e. The molecule has 2 rings (SSSR count). The molecule has 0 N–H and O–H groups in total. The van der Waals surface area contributed by atoms with Gasteiger partial charge in [0, 0.05) is 0 Å². The molecule has 7 nitrogen and oxygen atoms in total. The molecule has 0 radical (unpaired) electrons. The Balaban J connectivity index is 2.41. The Hall–Kier alpha value is -1.89. The Kier molecular flexibility index (Phi) is 3.10. The first-order valence-electron chi connectivity index (χ1n) is 4.70. The van der Waals surface area contributed by atoms with E-state index in [0.29, 0.717) is 11.4 Å². The highest BCUT2D eigenvalue weighted by atomic mass is 35.5. The van der Waals surface area contributed by atoms with E-state index in [1.54, 1.807) is 6.92 Å². The van der Waals surface area contributed by atoms with Gasteiger partial charge in [0.1, 0.15) is 11.4 Å². The van der Waals surface area contributed by atoms with Crippen molar-refractivity contribution in [3.05, 3.63) is 33.2 Å². The van der Waals surface area contributed by atoms with Gasteiger partial charge in [0.15, 0.2) is 5.15 Å². The number of hydrogen-bond donors (Lipinski definition) is 0. The van der Waals surface area contributed by atoms with Crippen LogP contribution in [0.25, 0.3) is 0 Å². The van der Waals surface area contributed by atoms with E-state index in [0.717, 1.165) is 0 Å². The third-order valence-corrected chi connectivity index (χ3v) is 2.49. The second-order valence-corrected chi connectivity index (χ2v) is 3.66. The first kappa shape index (κ1) is 11.6. The molecular formula is C9H9ClN4O3. The van der Waals surface area contributed by atoms with Crippen molar-refractivity contribution in [2.75, 3.05) is 7.11 Å². The Bertz CT molecular complexity index is 592. The number of hydrogen-bond acceptors (Lipinski definition) is 6. The average Bonchev–Trinajstić information content (AvgIpc) is 2.69. The molecule has 0 unspecified atom stereocenters. The van der Waals surface area contributed by atoms with Crippen LogP contribution in [0.5, 0.6) is 5.75 Å². The van der Waals surface area contributed by atoms with E-state index in [1.165, 1.54) is 18.0 Å². The quantitative estimate of drug-likeness (QED) is 0.750. The van der Waals surface area contributed by atoms with Gasteiger partial charge in [-0.05, 0) is 6.92 Å². The van der Waals surface area contributed by atoms with E-state index in [2.05, 4.69) is 19.9 Å². The molecule has 0 aromatic carbocycles. The molecule has 0 aliphatic rings. The normalized spacial score (nSPS) is 10.5. The summed E-state index contributed by atoms with van der Waals surface area (Å²) < 4.78 is 10.7. The average molecular weight is 257 g/mol. The highest BCUT2D eigenvalue weighted by molar-refractivity contribution is 6.30. The standard InChI is InChI=1S/C9H9ClN4O3/c1-5-6(13-17-12-5)3-14-4-11-8(10)7(16-2)9(14)15/h4H,3H2,1-2H3. The lowest BCUT2D eigenvalue weighted by molar-refractivity contribution is 0.300. The fourth-order valence-corrected chi connectivity index (χ4v) is 1.49. The molecule has 0 atom stereocenters. The molecule has 0 aliphatic carbocycles. The predicted octanol–water partition coefficient (Wildman–Crippen LogP) is 0.645. The molecule has 8 heteroatoms. The Morgan fingerprint density at radius 3 is 2.88 bits per heavy atom. The zero-order valence-corrected chi connectivity index (χ0v) is 9.93. The molecule has 2 aromatic heterocycles. The van der Waals surface area contributed by atoms with Crippen LogP contribution < -0.4 is 10.3 Å². The number of ether oxygens (including phenoxy) is 1. The Morgan fingerprint density at radius 2 is 2.29 bits per heavy atom. The van der Waals surface area contributed by atoms with Gasteiger partial charge in [-0.2, -0.15) is 0 Å². The molecule has 0 bridgehead atoms. The van der Waals surface area contributed by atoms with Crippen molar-refractivity contribution in [3.8, 4) is 5.75 Å². The van der Waals surface area contributed by atoms with Crippen LogP contribution in [-0.4, -0.2) is 27.0 Å². The van der Waals surface area contributed by atoms with Gasteiger partial charge in [-0.15, -0.1) is 0 Å². The van der Waals surface area contributed by atoms with E-state index in [-0.39, 0.29) is 23.0 Å². The van der Waals surface area contributed by atoms with Crippen molar-refractivity contribution >= 4 is 11.6 Å².